The molecule has 1 aromatic heterocycles. The zero-order valence-corrected chi connectivity index (χ0v) is 10.2. The van der Waals surface area contributed by atoms with Gasteiger partial charge in [-0.25, -0.2) is 4.79 Å². The van der Waals surface area contributed by atoms with Gasteiger partial charge in [0.05, 0.1) is 0 Å². The van der Waals surface area contributed by atoms with E-state index in [9.17, 15) is 9.90 Å². The van der Waals surface area contributed by atoms with E-state index in [-0.39, 0.29) is 17.2 Å². The largest absolute Gasteiger partial charge is 0.506 e. The van der Waals surface area contributed by atoms with Gasteiger partial charge < -0.3 is 9.84 Å². The van der Waals surface area contributed by atoms with Crippen molar-refractivity contribution in [2.45, 2.75) is 13.5 Å². The fourth-order valence-corrected chi connectivity index (χ4v) is 2.23. The molecule has 0 bridgehead atoms. The number of thiophene rings is 1. The number of carbonyl (C=O) groups is 1. The zero-order chi connectivity index (χ0) is 12.3. The minimum absolute atomic E-state index is 0.00874. The molecule has 0 unspecified atom stereocenters. The lowest BCUT2D eigenvalue weighted by atomic mass is 10.2. The highest BCUT2D eigenvalue weighted by atomic mass is 32.1. The van der Waals surface area contributed by atoms with E-state index in [2.05, 4.69) is 0 Å². The van der Waals surface area contributed by atoms with Crippen LogP contribution in [0.25, 0.3) is 0 Å². The van der Waals surface area contributed by atoms with Crippen molar-refractivity contribution in [1.29, 1.82) is 0 Å². The third-order valence-corrected chi connectivity index (χ3v) is 3.25. The lowest BCUT2D eigenvalue weighted by Gasteiger charge is -2.03. The Morgan fingerprint density at radius 3 is 2.65 bits per heavy atom. The fraction of sp³-hybridized carbons (Fsp3) is 0.154. The third kappa shape index (κ3) is 2.85. The molecule has 4 heteroatoms. The molecular formula is C13H12O3S. The monoisotopic (exact) mass is 248 g/mol. The topological polar surface area (TPSA) is 46.5 Å². The molecule has 2 rings (SSSR count). The molecule has 0 atom stereocenters. The average molecular weight is 248 g/mol. The predicted molar refractivity (Wildman–Crippen MR) is 66.3 cm³/mol. The smallest absolute Gasteiger partial charge is 0.352 e. The number of ether oxygens (including phenoxy) is 1. The Kier molecular flexibility index (Phi) is 3.44. The second kappa shape index (κ2) is 5.01. The number of carbonyl (C=O) groups excluding carboxylic acids is 1. The minimum atomic E-state index is -0.482. The van der Waals surface area contributed by atoms with Gasteiger partial charge in [-0.05, 0) is 18.6 Å². The van der Waals surface area contributed by atoms with Crippen LogP contribution in [0.2, 0.25) is 0 Å². The first-order valence-corrected chi connectivity index (χ1v) is 5.99. The van der Waals surface area contributed by atoms with E-state index in [0.717, 1.165) is 10.4 Å². The third-order valence-electron chi connectivity index (χ3n) is 2.23. The Balaban J connectivity index is 2.01. The Morgan fingerprint density at radius 1 is 1.35 bits per heavy atom. The van der Waals surface area contributed by atoms with Gasteiger partial charge in [0, 0.05) is 4.88 Å². The SMILES string of the molecule is Cc1cc(O)c(C(=O)OCc2ccccc2)s1. The molecule has 3 nitrogen and oxygen atoms in total. The maximum atomic E-state index is 11.7. The fourth-order valence-electron chi connectivity index (χ4n) is 1.44. The maximum absolute atomic E-state index is 11.7. The molecule has 0 saturated heterocycles. The molecule has 1 N–H and O–H groups in total. The summed E-state index contributed by atoms with van der Waals surface area (Å²) in [5, 5.41) is 9.51. The number of hydrogen-bond donors (Lipinski definition) is 1. The number of benzene rings is 1. The Hall–Kier alpha value is -1.81. The molecule has 88 valence electrons. The van der Waals surface area contributed by atoms with Crippen molar-refractivity contribution in [2.75, 3.05) is 0 Å². The van der Waals surface area contributed by atoms with Gasteiger partial charge in [-0.1, -0.05) is 30.3 Å². The standard InChI is InChI=1S/C13H12O3S/c1-9-7-11(14)12(17-9)13(15)16-8-10-5-3-2-4-6-10/h2-7,14H,8H2,1H3. The highest BCUT2D eigenvalue weighted by Crippen LogP contribution is 2.28. The molecular weight excluding hydrogens is 236 g/mol. The first-order valence-electron chi connectivity index (χ1n) is 5.17. The summed E-state index contributed by atoms with van der Waals surface area (Å²) in [6.07, 6.45) is 0. The number of aryl methyl sites for hydroxylation is 1. The van der Waals surface area contributed by atoms with Crippen LogP contribution >= 0.6 is 11.3 Å². The van der Waals surface area contributed by atoms with Crippen LogP contribution in [0.15, 0.2) is 36.4 Å². The number of esters is 1. The zero-order valence-electron chi connectivity index (χ0n) is 9.34. The lowest BCUT2D eigenvalue weighted by Crippen LogP contribution is -2.03. The van der Waals surface area contributed by atoms with E-state index < -0.39 is 5.97 Å². The molecule has 0 aliphatic rings. The first-order chi connectivity index (χ1) is 8.16. The van der Waals surface area contributed by atoms with Crippen molar-refractivity contribution in [3.8, 4) is 5.75 Å². The summed E-state index contributed by atoms with van der Waals surface area (Å²) in [5.74, 6) is -0.491. The van der Waals surface area contributed by atoms with Gasteiger partial charge in [0.25, 0.3) is 0 Å². The summed E-state index contributed by atoms with van der Waals surface area (Å²) < 4.78 is 5.12. The van der Waals surface area contributed by atoms with Gasteiger partial charge in [-0.2, -0.15) is 0 Å². The summed E-state index contributed by atoms with van der Waals surface area (Å²) in [5.41, 5.74) is 0.925. The maximum Gasteiger partial charge on any atom is 0.352 e. The Morgan fingerprint density at radius 2 is 2.06 bits per heavy atom. The van der Waals surface area contributed by atoms with Crippen LogP contribution in [-0.2, 0) is 11.3 Å². The summed E-state index contributed by atoms with van der Waals surface area (Å²) in [4.78, 5) is 12.8. The van der Waals surface area contributed by atoms with E-state index in [0.29, 0.717) is 0 Å². The van der Waals surface area contributed by atoms with Gasteiger partial charge in [0.2, 0.25) is 0 Å². The van der Waals surface area contributed by atoms with Crippen LogP contribution in [0, 0.1) is 6.92 Å². The summed E-state index contributed by atoms with van der Waals surface area (Å²) >= 11 is 1.23. The number of aromatic hydroxyl groups is 1. The van der Waals surface area contributed by atoms with Crippen molar-refractivity contribution >= 4 is 17.3 Å². The molecule has 0 spiro atoms. The molecule has 2 aromatic rings. The lowest BCUT2D eigenvalue weighted by molar-refractivity contribution is 0.0475. The van der Waals surface area contributed by atoms with Crippen molar-refractivity contribution in [3.05, 3.63) is 51.7 Å². The van der Waals surface area contributed by atoms with Crippen LogP contribution in [0.1, 0.15) is 20.1 Å². The predicted octanol–water partition coefficient (Wildman–Crippen LogP) is 3.12. The second-order valence-electron chi connectivity index (χ2n) is 3.63. The van der Waals surface area contributed by atoms with Crippen LogP contribution in [0.4, 0.5) is 0 Å². The second-order valence-corrected chi connectivity index (χ2v) is 4.89. The van der Waals surface area contributed by atoms with Crippen molar-refractivity contribution in [1.82, 2.24) is 0 Å². The van der Waals surface area contributed by atoms with Crippen LogP contribution in [0.3, 0.4) is 0 Å². The van der Waals surface area contributed by atoms with Gasteiger partial charge in [-0.15, -0.1) is 11.3 Å². The summed E-state index contributed by atoms with van der Waals surface area (Å²) in [6, 6.07) is 11.0. The average Bonchev–Trinajstić information content (AvgIpc) is 2.67. The van der Waals surface area contributed by atoms with Gasteiger partial charge >= 0.3 is 5.97 Å². The van der Waals surface area contributed by atoms with Gasteiger partial charge in [-0.3, -0.25) is 0 Å². The van der Waals surface area contributed by atoms with Gasteiger partial charge in [0.1, 0.15) is 12.4 Å². The summed E-state index contributed by atoms with van der Waals surface area (Å²) in [7, 11) is 0. The van der Waals surface area contributed by atoms with E-state index >= 15 is 0 Å². The molecule has 0 saturated carbocycles. The highest BCUT2D eigenvalue weighted by molar-refractivity contribution is 7.14. The van der Waals surface area contributed by atoms with Gasteiger partial charge in [0.15, 0.2) is 4.88 Å². The molecule has 0 aliphatic heterocycles. The number of rotatable bonds is 3. The molecule has 1 heterocycles. The quantitative estimate of drug-likeness (QED) is 0.849. The van der Waals surface area contributed by atoms with E-state index in [1.807, 2.05) is 37.3 Å². The van der Waals surface area contributed by atoms with Crippen molar-refractivity contribution in [3.63, 3.8) is 0 Å². The van der Waals surface area contributed by atoms with Crippen molar-refractivity contribution in [2.24, 2.45) is 0 Å². The molecule has 1 aromatic carbocycles. The van der Waals surface area contributed by atoms with E-state index in [4.69, 9.17) is 4.74 Å². The Bertz CT molecular complexity index is 517. The molecule has 0 fully saturated rings. The van der Waals surface area contributed by atoms with E-state index in [1.54, 1.807) is 6.07 Å². The van der Waals surface area contributed by atoms with E-state index in [1.165, 1.54) is 11.3 Å². The summed E-state index contributed by atoms with van der Waals surface area (Å²) in [6.45, 7) is 2.05. The highest BCUT2D eigenvalue weighted by Gasteiger charge is 2.15. The molecule has 0 amide bonds. The normalized spacial score (nSPS) is 10.2. The molecule has 0 aliphatic carbocycles. The van der Waals surface area contributed by atoms with Crippen molar-refractivity contribution < 1.29 is 14.6 Å². The molecule has 0 radical (unpaired) electrons. The Labute approximate surface area is 103 Å². The first kappa shape index (κ1) is 11.7. The van der Waals surface area contributed by atoms with Crippen LogP contribution in [-0.4, -0.2) is 11.1 Å². The van der Waals surface area contributed by atoms with Crippen LogP contribution in [0.5, 0.6) is 5.75 Å². The molecule has 17 heavy (non-hydrogen) atoms. The van der Waals surface area contributed by atoms with Crippen LogP contribution < -0.4 is 0 Å². The minimum Gasteiger partial charge on any atom is -0.506 e. The number of hydrogen-bond acceptors (Lipinski definition) is 4.